The quantitative estimate of drug-likeness (QED) is 0.329. The van der Waals surface area contributed by atoms with E-state index < -0.39 is 22.9 Å². The Bertz CT molecular complexity index is 1170. The number of aromatic amines is 1. The van der Waals surface area contributed by atoms with E-state index in [4.69, 9.17) is 10.5 Å². The predicted molar refractivity (Wildman–Crippen MR) is 97.6 cm³/mol. The number of rotatable bonds is 5. The van der Waals surface area contributed by atoms with Gasteiger partial charge in [-0.25, -0.2) is 9.78 Å². The average Bonchev–Trinajstić information content (AvgIpc) is 3.21. The standard InChI is InChI=1S/C18H16N4O5/c1-7-2-3-9-14(22-18(19)21-9)12(7)11(23)6-8-13(16(25)15(8)24)20-10-4-5-27-17(10)26/h2-3,10,20H,4-6H2,1H3,(H3,19,21,22). The lowest BCUT2D eigenvalue weighted by atomic mass is 9.94. The lowest BCUT2D eigenvalue weighted by molar-refractivity contribution is -0.138. The van der Waals surface area contributed by atoms with E-state index in [2.05, 4.69) is 15.3 Å². The molecule has 9 nitrogen and oxygen atoms in total. The Labute approximate surface area is 152 Å². The molecule has 3 aromatic rings. The number of cyclic esters (lactones) is 1. The highest BCUT2D eigenvalue weighted by Crippen LogP contribution is 2.24. The van der Waals surface area contributed by atoms with Gasteiger partial charge < -0.3 is 20.8 Å². The number of nitrogens with one attached hydrogen (secondary N) is 2. The molecule has 4 rings (SSSR count). The molecule has 0 amide bonds. The highest BCUT2D eigenvalue weighted by molar-refractivity contribution is 6.09. The van der Waals surface area contributed by atoms with Crippen LogP contribution < -0.4 is 21.9 Å². The minimum absolute atomic E-state index is 0.0172. The third-order valence-corrected chi connectivity index (χ3v) is 4.76. The number of aryl methyl sites for hydroxylation is 1. The van der Waals surface area contributed by atoms with Crippen LogP contribution in [-0.4, -0.2) is 34.4 Å². The maximum absolute atomic E-state index is 12.9. The number of anilines is 2. The predicted octanol–water partition coefficient (Wildman–Crippen LogP) is 0.202. The summed E-state index contributed by atoms with van der Waals surface area (Å²) in [4.78, 5) is 55.4. The van der Waals surface area contributed by atoms with Gasteiger partial charge in [0, 0.05) is 24.0 Å². The number of benzene rings is 1. The summed E-state index contributed by atoms with van der Waals surface area (Å²) in [5, 5.41) is 2.75. The number of nitrogens with two attached hydrogens (primary N) is 1. The van der Waals surface area contributed by atoms with Gasteiger partial charge in [-0.2, -0.15) is 0 Å². The van der Waals surface area contributed by atoms with Gasteiger partial charge in [-0.05, 0) is 18.6 Å². The summed E-state index contributed by atoms with van der Waals surface area (Å²) in [5.41, 5.74) is 6.39. The Kier molecular flexibility index (Phi) is 3.79. The second-order valence-electron chi connectivity index (χ2n) is 6.54. The number of H-pyrrole nitrogens is 1. The van der Waals surface area contributed by atoms with E-state index in [0.717, 1.165) is 0 Å². The second-order valence-corrected chi connectivity index (χ2v) is 6.54. The molecule has 0 radical (unpaired) electrons. The monoisotopic (exact) mass is 368 g/mol. The number of nitrogens with zero attached hydrogens (tertiary/aromatic N) is 1. The van der Waals surface area contributed by atoms with E-state index in [9.17, 15) is 19.2 Å². The second kappa shape index (κ2) is 6.04. The Balaban J connectivity index is 1.66. The largest absolute Gasteiger partial charge is 0.464 e. The van der Waals surface area contributed by atoms with Crippen LogP contribution in [0, 0.1) is 6.92 Å². The smallest absolute Gasteiger partial charge is 0.328 e. The highest BCUT2D eigenvalue weighted by Gasteiger charge is 2.32. The maximum Gasteiger partial charge on any atom is 0.328 e. The molecule has 0 bridgehead atoms. The number of carbonyl (C=O) groups is 2. The van der Waals surface area contributed by atoms with Crippen molar-refractivity contribution < 1.29 is 14.3 Å². The van der Waals surface area contributed by atoms with Crippen molar-refractivity contribution in [3.05, 3.63) is 49.3 Å². The number of imidazole rings is 1. The number of aromatic nitrogens is 2. The summed E-state index contributed by atoms with van der Waals surface area (Å²) < 4.78 is 4.84. The van der Waals surface area contributed by atoms with Gasteiger partial charge in [0.1, 0.15) is 11.6 Å². The van der Waals surface area contributed by atoms with Gasteiger partial charge in [-0.1, -0.05) is 6.07 Å². The normalized spacial score (nSPS) is 16.8. The van der Waals surface area contributed by atoms with Crippen LogP contribution in [0.3, 0.4) is 0 Å². The third-order valence-electron chi connectivity index (χ3n) is 4.76. The first-order valence-corrected chi connectivity index (χ1v) is 8.40. The zero-order chi connectivity index (χ0) is 19.3. The molecule has 138 valence electrons. The zero-order valence-corrected chi connectivity index (χ0v) is 14.4. The molecule has 27 heavy (non-hydrogen) atoms. The molecule has 0 aliphatic carbocycles. The SMILES string of the molecule is Cc1ccc2[nH]c(N)nc2c1C(=O)Cc1c(NC2CCOC2=O)c(=O)c1=O. The maximum atomic E-state index is 12.9. The van der Waals surface area contributed by atoms with Crippen molar-refractivity contribution in [1.29, 1.82) is 0 Å². The number of Topliss-reactive ketones (excluding diaryl/α,β-unsaturated/α-hetero) is 1. The van der Waals surface area contributed by atoms with E-state index in [1.165, 1.54) is 0 Å². The molecule has 1 unspecified atom stereocenters. The van der Waals surface area contributed by atoms with Crippen molar-refractivity contribution >= 4 is 34.4 Å². The lowest BCUT2D eigenvalue weighted by Crippen LogP contribution is -2.42. The minimum atomic E-state index is -0.726. The van der Waals surface area contributed by atoms with Crippen molar-refractivity contribution in [1.82, 2.24) is 9.97 Å². The Morgan fingerprint density at radius 3 is 2.81 bits per heavy atom. The Morgan fingerprint density at radius 1 is 1.33 bits per heavy atom. The van der Waals surface area contributed by atoms with E-state index in [1.54, 1.807) is 19.1 Å². The van der Waals surface area contributed by atoms with Crippen LogP contribution >= 0.6 is 0 Å². The minimum Gasteiger partial charge on any atom is -0.464 e. The Morgan fingerprint density at radius 2 is 2.11 bits per heavy atom. The molecule has 2 aromatic carbocycles. The van der Waals surface area contributed by atoms with Crippen molar-refractivity contribution in [2.24, 2.45) is 0 Å². The molecule has 1 aromatic heterocycles. The number of fused-ring (bicyclic) bond motifs is 1. The van der Waals surface area contributed by atoms with Crippen molar-refractivity contribution in [2.75, 3.05) is 17.7 Å². The van der Waals surface area contributed by atoms with Crippen LogP contribution in [0.15, 0.2) is 21.7 Å². The molecule has 0 spiro atoms. The molecule has 0 saturated carbocycles. The number of hydrogen-bond donors (Lipinski definition) is 3. The van der Waals surface area contributed by atoms with E-state index in [0.29, 0.717) is 28.6 Å². The molecule has 1 fully saturated rings. The number of hydrogen-bond acceptors (Lipinski definition) is 8. The van der Waals surface area contributed by atoms with Gasteiger partial charge in [0.2, 0.25) is 10.9 Å². The third kappa shape index (κ3) is 2.67. The zero-order valence-electron chi connectivity index (χ0n) is 14.4. The van der Waals surface area contributed by atoms with Gasteiger partial charge in [-0.15, -0.1) is 0 Å². The summed E-state index contributed by atoms with van der Waals surface area (Å²) in [7, 11) is 0. The summed E-state index contributed by atoms with van der Waals surface area (Å²) >= 11 is 0. The lowest BCUT2D eigenvalue weighted by Gasteiger charge is -2.16. The summed E-state index contributed by atoms with van der Waals surface area (Å²) in [6, 6.07) is 2.84. The number of nitrogen functional groups attached to an aromatic ring is 1. The topological polar surface area (TPSA) is 144 Å². The van der Waals surface area contributed by atoms with Crippen LogP contribution in [0.5, 0.6) is 0 Å². The van der Waals surface area contributed by atoms with Crippen LogP contribution in [-0.2, 0) is 16.0 Å². The first kappa shape index (κ1) is 17.0. The van der Waals surface area contributed by atoms with E-state index in [-0.39, 0.29) is 36.0 Å². The van der Waals surface area contributed by atoms with Gasteiger partial charge in [0.15, 0.2) is 11.7 Å². The molecule has 1 atom stereocenters. The van der Waals surface area contributed by atoms with Gasteiger partial charge in [0.25, 0.3) is 0 Å². The molecule has 1 aliphatic heterocycles. The Hall–Kier alpha value is -3.49. The summed E-state index contributed by atoms with van der Waals surface area (Å²) in [6.45, 7) is 2.01. The molecule has 1 aliphatic rings. The van der Waals surface area contributed by atoms with Gasteiger partial charge >= 0.3 is 5.97 Å². The van der Waals surface area contributed by atoms with Gasteiger partial charge in [-0.3, -0.25) is 14.4 Å². The molecule has 9 heteroatoms. The van der Waals surface area contributed by atoms with Crippen molar-refractivity contribution in [3.8, 4) is 0 Å². The van der Waals surface area contributed by atoms with Crippen LogP contribution in [0.4, 0.5) is 11.6 Å². The number of esters is 1. The number of ether oxygens (including phenoxy) is 1. The molecule has 4 N–H and O–H groups in total. The van der Waals surface area contributed by atoms with E-state index >= 15 is 0 Å². The molecule has 1 saturated heterocycles. The average molecular weight is 368 g/mol. The molecular weight excluding hydrogens is 352 g/mol. The van der Waals surface area contributed by atoms with E-state index in [1.807, 2.05) is 0 Å². The number of ketones is 1. The molecular formula is C18H16N4O5. The summed E-state index contributed by atoms with van der Waals surface area (Å²) in [6.07, 6.45) is 0.136. The first-order chi connectivity index (χ1) is 12.9. The molecule has 2 heterocycles. The number of carbonyl (C=O) groups excluding carboxylic acids is 2. The van der Waals surface area contributed by atoms with Crippen molar-refractivity contribution in [2.45, 2.75) is 25.8 Å². The first-order valence-electron chi connectivity index (χ1n) is 8.40. The fourth-order valence-electron chi connectivity index (χ4n) is 3.36. The summed E-state index contributed by atoms with van der Waals surface area (Å²) in [5.74, 6) is -0.650. The van der Waals surface area contributed by atoms with Crippen molar-refractivity contribution in [3.63, 3.8) is 0 Å². The van der Waals surface area contributed by atoms with Crippen LogP contribution in [0.25, 0.3) is 11.0 Å². The fourth-order valence-corrected chi connectivity index (χ4v) is 3.36. The highest BCUT2D eigenvalue weighted by atomic mass is 16.5. The van der Waals surface area contributed by atoms with Crippen LogP contribution in [0.2, 0.25) is 0 Å². The van der Waals surface area contributed by atoms with Gasteiger partial charge in [0.05, 0.1) is 17.8 Å². The van der Waals surface area contributed by atoms with Crippen LogP contribution in [0.1, 0.15) is 27.9 Å². The fraction of sp³-hybridized carbons (Fsp3) is 0.278.